The number of carboxylic acid groups (broad SMARTS) is 1. The number of carboxylic acids is 1. The molecule has 1 rings (SSSR count). The molecule has 340 valence electrons. The second-order valence-corrected chi connectivity index (χ2v) is 15.2. The number of esters is 2. The van der Waals surface area contributed by atoms with Crippen LogP contribution in [0.3, 0.4) is 0 Å². The van der Waals surface area contributed by atoms with Gasteiger partial charge in [-0.2, -0.15) is 0 Å². The quantitative estimate of drug-likeness (QED) is 0.0269. The lowest BCUT2D eigenvalue weighted by Gasteiger charge is -2.38. The third-order valence-corrected chi connectivity index (χ3v) is 9.74. The van der Waals surface area contributed by atoms with Crippen LogP contribution in [0, 0.1) is 0 Å². The molecular formula is C49H78O11. The summed E-state index contributed by atoms with van der Waals surface area (Å²) in [6, 6.07) is 0. The standard InChI is InChI=1S/C49H78O11/c1-3-5-7-9-11-13-15-17-19-20-21-22-24-25-27-29-31-33-35-37-42(50)57-39-41(40-58-49-46(54)44(52)45(53)47(60-49)48(55)56)59-43(51)38-36-34-32-30-28-26-23-18-16-14-12-10-8-6-4-2/h5,7,11,13,17-19,21-23,25,27,31,33,41,44-47,49,52-54H,3-4,6,8-10,12,14-16,20,24,26,28-30,32,34-40H2,1-2H3,(H,55,56)/b7-5-,13-11-,19-17-,22-21-,23-18-,27-25-,33-31-. The van der Waals surface area contributed by atoms with Gasteiger partial charge in [-0.25, -0.2) is 4.79 Å². The minimum absolute atomic E-state index is 0.105. The smallest absolute Gasteiger partial charge is 0.335 e. The Bertz CT molecular complexity index is 1310. The van der Waals surface area contributed by atoms with Crippen molar-refractivity contribution >= 4 is 17.9 Å². The van der Waals surface area contributed by atoms with Crippen LogP contribution in [0.25, 0.3) is 0 Å². The van der Waals surface area contributed by atoms with E-state index in [1.807, 2.05) is 12.2 Å². The maximum absolute atomic E-state index is 12.8. The molecule has 1 heterocycles. The number of hydrogen-bond acceptors (Lipinski definition) is 10. The average Bonchev–Trinajstić information content (AvgIpc) is 3.23. The van der Waals surface area contributed by atoms with Gasteiger partial charge in [-0.15, -0.1) is 0 Å². The predicted octanol–water partition coefficient (Wildman–Crippen LogP) is 9.87. The summed E-state index contributed by atoms with van der Waals surface area (Å²) in [7, 11) is 0. The zero-order chi connectivity index (χ0) is 43.9. The molecule has 0 aromatic rings. The highest BCUT2D eigenvalue weighted by molar-refractivity contribution is 5.73. The van der Waals surface area contributed by atoms with E-state index in [1.54, 1.807) is 0 Å². The van der Waals surface area contributed by atoms with Gasteiger partial charge in [0.05, 0.1) is 6.61 Å². The highest BCUT2D eigenvalue weighted by atomic mass is 16.7. The molecular weight excluding hydrogens is 765 g/mol. The van der Waals surface area contributed by atoms with E-state index in [0.717, 1.165) is 77.0 Å². The van der Waals surface area contributed by atoms with Crippen molar-refractivity contribution in [1.29, 1.82) is 0 Å². The minimum Gasteiger partial charge on any atom is -0.479 e. The molecule has 0 spiro atoms. The number of aliphatic hydroxyl groups excluding tert-OH is 3. The molecule has 0 amide bonds. The first-order valence-electron chi connectivity index (χ1n) is 22.6. The second-order valence-electron chi connectivity index (χ2n) is 15.2. The van der Waals surface area contributed by atoms with Gasteiger partial charge in [0.15, 0.2) is 18.5 Å². The highest BCUT2D eigenvalue weighted by Crippen LogP contribution is 2.23. The third kappa shape index (κ3) is 29.6. The maximum atomic E-state index is 12.8. The van der Waals surface area contributed by atoms with Gasteiger partial charge in [-0.1, -0.05) is 150 Å². The zero-order valence-corrected chi connectivity index (χ0v) is 36.7. The first kappa shape index (κ1) is 54.4. The third-order valence-electron chi connectivity index (χ3n) is 9.74. The van der Waals surface area contributed by atoms with Crippen LogP contribution in [-0.2, 0) is 33.3 Å². The van der Waals surface area contributed by atoms with Crippen molar-refractivity contribution in [1.82, 2.24) is 0 Å². The fourth-order valence-corrected chi connectivity index (χ4v) is 6.19. The molecule has 0 radical (unpaired) electrons. The fraction of sp³-hybridized carbons (Fsp3) is 0.653. The van der Waals surface area contributed by atoms with E-state index >= 15 is 0 Å². The van der Waals surface area contributed by atoms with Crippen LogP contribution < -0.4 is 0 Å². The van der Waals surface area contributed by atoms with Crippen LogP contribution in [-0.4, -0.2) is 88.4 Å². The monoisotopic (exact) mass is 843 g/mol. The van der Waals surface area contributed by atoms with E-state index < -0.39 is 61.3 Å². The average molecular weight is 843 g/mol. The van der Waals surface area contributed by atoms with E-state index in [9.17, 15) is 34.8 Å². The summed E-state index contributed by atoms with van der Waals surface area (Å²) >= 11 is 0. The Kier molecular flexibility index (Phi) is 34.8. The number of ether oxygens (including phenoxy) is 4. The molecule has 60 heavy (non-hydrogen) atoms. The van der Waals surface area contributed by atoms with E-state index in [4.69, 9.17) is 18.9 Å². The van der Waals surface area contributed by atoms with Gasteiger partial charge in [0.25, 0.3) is 0 Å². The number of aliphatic hydroxyl groups is 3. The van der Waals surface area contributed by atoms with Crippen molar-refractivity contribution in [2.45, 2.75) is 192 Å². The second kappa shape index (κ2) is 38.3. The van der Waals surface area contributed by atoms with Gasteiger partial charge < -0.3 is 39.4 Å². The molecule has 0 saturated carbocycles. The molecule has 11 nitrogen and oxygen atoms in total. The number of hydrogen-bond donors (Lipinski definition) is 4. The molecule has 6 atom stereocenters. The lowest BCUT2D eigenvalue weighted by molar-refractivity contribution is -0.298. The minimum atomic E-state index is -1.88. The highest BCUT2D eigenvalue weighted by Gasteiger charge is 2.47. The van der Waals surface area contributed by atoms with Crippen LogP contribution in [0.2, 0.25) is 0 Å². The Morgan fingerprint density at radius 3 is 1.55 bits per heavy atom. The Morgan fingerprint density at radius 1 is 0.533 bits per heavy atom. The molecule has 1 fully saturated rings. The molecule has 1 aliphatic rings. The van der Waals surface area contributed by atoms with Crippen LogP contribution in [0.5, 0.6) is 0 Å². The molecule has 0 aromatic carbocycles. The summed E-state index contributed by atoms with van der Waals surface area (Å²) in [5, 5.41) is 39.8. The van der Waals surface area contributed by atoms with Gasteiger partial charge in [0, 0.05) is 12.8 Å². The Hall–Kier alpha value is -3.61. The SMILES string of the molecule is CC/C=C\C/C=C\C/C=C\C/C=C\C/C=C\C/C=C\CCC(=O)OCC(COC1OC(C(=O)O)C(O)C(O)C1O)OC(=O)CCCCCCC/C=C\CCCCCCCC. The molecule has 0 aliphatic carbocycles. The van der Waals surface area contributed by atoms with Gasteiger partial charge in [-0.05, 0) is 77.0 Å². The zero-order valence-electron chi connectivity index (χ0n) is 36.7. The normalized spacial score (nSPS) is 20.6. The summed E-state index contributed by atoms with van der Waals surface area (Å²) in [6.07, 6.45) is 40.7. The first-order chi connectivity index (χ1) is 29.2. The molecule has 0 aromatic heterocycles. The number of rotatable bonds is 36. The van der Waals surface area contributed by atoms with Crippen LogP contribution in [0.1, 0.15) is 155 Å². The number of carbonyl (C=O) groups is 3. The first-order valence-corrected chi connectivity index (χ1v) is 22.6. The van der Waals surface area contributed by atoms with Gasteiger partial charge >= 0.3 is 17.9 Å². The number of allylic oxidation sites excluding steroid dienone is 14. The van der Waals surface area contributed by atoms with Crippen molar-refractivity contribution < 1.29 is 53.8 Å². The number of carbonyl (C=O) groups excluding carboxylic acids is 2. The Morgan fingerprint density at radius 2 is 1.02 bits per heavy atom. The molecule has 0 bridgehead atoms. The largest absolute Gasteiger partial charge is 0.479 e. The number of unbranched alkanes of at least 4 members (excludes halogenated alkanes) is 11. The van der Waals surface area contributed by atoms with E-state index in [2.05, 4.69) is 86.8 Å². The summed E-state index contributed by atoms with van der Waals surface area (Å²) in [5.74, 6) is -2.57. The Balaban J connectivity index is 2.44. The van der Waals surface area contributed by atoms with Crippen molar-refractivity contribution in [3.8, 4) is 0 Å². The van der Waals surface area contributed by atoms with Gasteiger partial charge in [-0.3, -0.25) is 9.59 Å². The molecule has 6 unspecified atom stereocenters. The van der Waals surface area contributed by atoms with Crippen molar-refractivity contribution in [3.63, 3.8) is 0 Å². The summed E-state index contributed by atoms with van der Waals surface area (Å²) in [6.45, 7) is 3.61. The van der Waals surface area contributed by atoms with E-state index in [1.165, 1.54) is 38.5 Å². The maximum Gasteiger partial charge on any atom is 0.335 e. The van der Waals surface area contributed by atoms with Crippen molar-refractivity contribution in [3.05, 3.63) is 85.1 Å². The summed E-state index contributed by atoms with van der Waals surface area (Å²) < 4.78 is 21.6. The van der Waals surface area contributed by atoms with E-state index in [-0.39, 0.29) is 19.4 Å². The molecule has 1 saturated heterocycles. The molecule has 11 heteroatoms. The van der Waals surface area contributed by atoms with Crippen LogP contribution in [0.4, 0.5) is 0 Å². The van der Waals surface area contributed by atoms with Crippen LogP contribution >= 0.6 is 0 Å². The fourth-order valence-electron chi connectivity index (χ4n) is 6.19. The van der Waals surface area contributed by atoms with Crippen molar-refractivity contribution in [2.24, 2.45) is 0 Å². The van der Waals surface area contributed by atoms with Crippen LogP contribution in [0.15, 0.2) is 85.1 Å². The predicted molar refractivity (Wildman–Crippen MR) is 238 cm³/mol. The Labute approximate surface area is 361 Å². The lowest BCUT2D eigenvalue weighted by Crippen LogP contribution is -2.60. The van der Waals surface area contributed by atoms with Gasteiger partial charge in [0.1, 0.15) is 24.9 Å². The lowest BCUT2D eigenvalue weighted by atomic mass is 9.99. The topological polar surface area (TPSA) is 169 Å². The van der Waals surface area contributed by atoms with Gasteiger partial charge in [0.2, 0.25) is 0 Å². The summed E-state index contributed by atoms with van der Waals surface area (Å²) in [5.41, 5.74) is 0. The van der Waals surface area contributed by atoms with Crippen molar-refractivity contribution in [2.75, 3.05) is 13.2 Å². The molecule has 1 aliphatic heterocycles. The van der Waals surface area contributed by atoms with E-state index in [0.29, 0.717) is 12.8 Å². The summed E-state index contributed by atoms with van der Waals surface area (Å²) in [4.78, 5) is 36.8. The molecule has 4 N–H and O–H groups in total. The number of aliphatic carboxylic acids is 1.